The van der Waals surface area contributed by atoms with Gasteiger partial charge in [0, 0.05) is 8.41 Å². The molecule has 0 spiro atoms. The van der Waals surface area contributed by atoms with E-state index in [-0.39, 0.29) is 8.41 Å². The molecule has 0 bridgehead atoms. The average molecular weight is 210 g/mol. The fraction of sp³-hybridized carbons (Fsp3) is 1.00. The summed E-state index contributed by atoms with van der Waals surface area (Å²) in [5.74, 6) is 0. The Morgan fingerprint density at radius 1 is 0.667 bits per heavy atom. The van der Waals surface area contributed by atoms with Gasteiger partial charge in [-0.25, -0.2) is 0 Å². The second-order valence-corrected chi connectivity index (χ2v) is 4.63. The highest BCUT2D eigenvalue weighted by molar-refractivity contribution is 5.75. The molecule has 0 saturated carbocycles. The normalized spacial score (nSPS) is 10.4. The summed E-state index contributed by atoms with van der Waals surface area (Å²) < 4.78 is 0. The first kappa shape index (κ1) is 17.4. The van der Waals surface area contributed by atoms with Crippen LogP contribution in [0.5, 0.6) is 0 Å². The Kier molecular flexibility index (Phi) is 16.3. The molecule has 0 fully saturated rings. The van der Waals surface area contributed by atoms with Gasteiger partial charge in [-0.05, 0) is 27.1 Å². The molecule has 0 amide bonds. The first-order chi connectivity index (χ1) is 6.77. The maximum Gasteiger partial charge on any atom is 0 e. The molecule has 0 unspecified atom stereocenters. The van der Waals surface area contributed by atoms with E-state index in [0.717, 1.165) is 0 Å². The zero-order valence-electron chi connectivity index (χ0n) is 11.1. The molecule has 0 aromatic rings. The van der Waals surface area contributed by atoms with Crippen LogP contribution in [0.15, 0.2) is 0 Å². The lowest BCUT2D eigenvalue weighted by Gasteiger charge is -2.08. The predicted octanol–water partition coefficient (Wildman–Crippen LogP) is 3.70. The van der Waals surface area contributed by atoms with Gasteiger partial charge < -0.3 is 4.90 Å². The number of unbranched alkanes of at least 4 members (excludes halogenated alkanes) is 8. The number of hydrogen-bond acceptors (Lipinski definition) is 1. The predicted molar refractivity (Wildman–Crippen MR) is 71.5 cm³/mol. The minimum atomic E-state index is 0. The average Bonchev–Trinajstić information content (AvgIpc) is 2.15. The summed E-state index contributed by atoms with van der Waals surface area (Å²) >= 11 is 0. The van der Waals surface area contributed by atoms with Crippen molar-refractivity contribution in [2.75, 3.05) is 20.6 Å². The summed E-state index contributed by atoms with van der Waals surface area (Å²) in [5.41, 5.74) is 0. The highest BCUT2D eigenvalue weighted by atomic mass is 15.0. The van der Waals surface area contributed by atoms with Crippen LogP contribution in [0.25, 0.3) is 0 Å². The van der Waals surface area contributed by atoms with Crippen molar-refractivity contribution < 1.29 is 0 Å². The summed E-state index contributed by atoms with van der Waals surface area (Å²) in [6, 6.07) is 0. The topological polar surface area (TPSA) is 3.24 Å². The molecule has 0 rings (SSSR count). The van der Waals surface area contributed by atoms with Gasteiger partial charge in [-0.2, -0.15) is 0 Å². The van der Waals surface area contributed by atoms with E-state index in [4.69, 9.17) is 0 Å². The van der Waals surface area contributed by atoms with Gasteiger partial charge in [0.2, 0.25) is 0 Å². The first-order valence-electron chi connectivity index (χ1n) is 6.42. The van der Waals surface area contributed by atoms with Gasteiger partial charge in [-0.1, -0.05) is 58.3 Å². The maximum absolute atomic E-state index is 2.28. The highest BCUT2D eigenvalue weighted by Gasteiger charge is 1.92. The first-order valence-corrected chi connectivity index (χ1v) is 6.42. The minimum absolute atomic E-state index is 0. The summed E-state index contributed by atoms with van der Waals surface area (Å²) in [6.07, 6.45) is 12.9. The van der Waals surface area contributed by atoms with E-state index in [2.05, 4.69) is 25.9 Å². The van der Waals surface area contributed by atoms with Crippen molar-refractivity contribution in [2.45, 2.75) is 64.7 Å². The van der Waals surface area contributed by atoms with Gasteiger partial charge >= 0.3 is 0 Å². The van der Waals surface area contributed by atoms with E-state index >= 15 is 0 Å². The van der Waals surface area contributed by atoms with Gasteiger partial charge in [-0.3, -0.25) is 0 Å². The third-order valence-corrected chi connectivity index (χ3v) is 2.71. The summed E-state index contributed by atoms with van der Waals surface area (Å²) in [5, 5.41) is 0. The van der Waals surface area contributed by atoms with Crippen LogP contribution in [0.3, 0.4) is 0 Å². The SMILES string of the molecule is CCCCCCCCCCCN(C)C.[B]. The van der Waals surface area contributed by atoms with Crippen LogP contribution in [-0.2, 0) is 0 Å². The van der Waals surface area contributed by atoms with E-state index in [9.17, 15) is 0 Å². The van der Waals surface area contributed by atoms with Crippen molar-refractivity contribution in [3.05, 3.63) is 0 Å². The fourth-order valence-corrected chi connectivity index (χ4v) is 1.74. The molecule has 0 aromatic heterocycles. The molecule has 0 aromatic carbocycles. The van der Waals surface area contributed by atoms with E-state index in [1.807, 2.05) is 0 Å². The van der Waals surface area contributed by atoms with Crippen molar-refractivity contribution >= 4 is 8.41 Å². The van der Waals surface area contributed by atoms with Crippen LogP contribution < -0.4 is 0 Å². The molecule has 1 nitrogen and oxygen atoms in total. The van der Waals surface area contributed by atoms with Crippen molar-refractivity contribution in [3.63, 3.8) is 0 Å². The van der Waals surface area contributed by atoms with Crippen LogP contribution >= 0.6 is 0 Å². The molecule has 0 aliphatic heterocycles. The Labute approximate surface area is 99.2 Å². The molecule has 0 aliphatic carbocycles. The minimum Gasteiger partial charge on any atom is -0.309 e. The molecular formula is C13H29BN. The summed E-state index contributed by atoms with van der Waals surface area (Å²) in [7, 11) is 4.31. The van der Waals surface area contributed by atoms with Crippen LogP contribution in [0.4, 0.5) is 0 Å². The Hall–Kier alpha value is 0.0249. The summed E-state index contributed by atoms with van der Waals surface area (Å²) in [4.78, 5) is 2.28. The lowest BCUT2D eigenvalue weighted by molar-refractivity contribution is 0.389. The van der Waals surface area contributed by atoms with E-state index in [1.165, 1.54) is 64.3 Å². The molecule has 0 atom stereocenters. The lowest BCUT2D eigenvalue weighted by atomic mass is 10.1. The Morgan fingerprint density at radius 3 is 1.47 bits per heavy atom. The monoisotopic (exact) mass is 210 g/mol. The van der Waals surface area contributed by atoms with Crippen LogP contribution in [0, 0.1) is 0 Å². The quantitative estimate of drug-likeness (QED) is 0.392. The van der Waals surface area contributed by atoms with E-state index in [1.54, 1.807) is 0 Å². The Bertz CT molecular complexity index is 105. The van der Waals surface area contributed by atoms with Gasteiger partial charge in [0.15, 0.2) is 0 Å². The highest BCUT2D eigenvalue weighted by Crippen LogP contribution is 2.09. The van der Waals surface area contributed by atoms with Crippen LogP contribution in [0.1, 0.15) is 64.7 Å². The van der Waals surface area contributed by atoms with Crippen LogP contribution in [0.2, 0.25) is 0 Å². The smallest absolute Gasteiger partial charge is 0 e. The van der Waals surface area contributed by atoms with Gasteiger partial charge in [-0.15, -0.1) is 0 Å². The molecular weight excluding hydrogens is 181 g/mol. The third kappa shape index (κ3) is 16.7. The molecule has 0 aliphatic rings. The lowest BCUT2D eigenvalue weighted by Crippen LogP contribution is -2.12. The Morgan fingerprint density at radius 2 is 1.07 bits per heavy atom. The standard InChI is InChI=1S/C13H29N.B/c1-4-5-6-7-8-9-10-11-12-13-14(2)3;/h4-13H2,1-3H3;. The fourth-order valence-electron chi connectivity index (χ4n) is 1.74. The third-order valence-electron chi connectivity index (χ3n) is 2.71. The van der Waals surface area contributed by atoms with Crippen molar-refractivity contribution in [1.29, 1.82) is 0 Å². The molecule has 15 heavy (non-hydrogen) atoms. The summed E-state index contributed by atoms with van der Waals surface area (Å²) in [6.45, 7) is 3.54. The van der Waals surface area contributed by atoms with Crippen molar-refractivity contribution in [3.8, 4) is 0 Å². The molecule has 3 radical (unpaired) electrons. The van der Waals surface area contributed by atoms with E-state index in [0.29, 0.717) is 0 Å². The maximum atomic E-state index is 2.28. The van der Waals surface area contributed by atoms with Gasteiger partial charge in [0.25, 0.3) is 0 Å². The number of nitrogens with zero attached hydrogens (tertiary/aromatic N) is 1. The Balaban J connectivity index is 0. The van der Waals surface area contributed by atoms with Gasteiger partial charge in [0.1, 0.15) is 0 Å². The number of rotatable bonds is 10. The second-order valence-electron chi connectivity index (χ2n) is 4.63. The van der Waals surface area contributed by atoms with Crippen LogP contribution in [-0.4, -0.2) is 34.0 Å². The largest absolute Gasteiger partial charge is 0.309 e. The molecule has 0 saturated heterocycles. The molecule has 2 heteroatoms. The zero-order valence-corrected chi connectivity index (χ0v) is 11.1. The number of hydrogen-bond donors (Lipinski definition) is 0. The molecule has 0 N–H and O–H groups in total. The second kappa shape index (κ2) is 14.0. The van der Waals surface area contributed by atoms with Gasteiger partial charge in [0.05, 0.1) is 0 Å². The molecule has 0 heterocycles. The van der Waals surface area contributed by atoms with E-state index < -0.39 is 0 Å². The molecule has 89 valence electrons. The van der Waals surface area contributed by atoms with Crippen molar-refractivity contribution in [1.82, 2.24) is 4.90 Å². The van der Waals surface area contributed by atoms with Crippen molar-refractivity contribution in [2.24, 2.45) is 0 Å². The zero-order chi connectivity index (χ0) is 10.6.